The van der Waals surface area contributed by atoms with Crippen molar-refractivity contribution in [1.82, 2.24) is 10.2 Å². The summed E-state index contributed by atoms with van der Waals surface area (Å²) < 4.78 is 0. The second kappa shape index (κ2) is 9.65. The molecule has 1 aromatic carbocycles. The zero-order chi connectivity index (χ0) is 16.9. The third-order valence-corrected chi connectivity index (χ3v) is 5.05. The van der Waals surface area contributed by atoms with Crippen molar-refractivity contribution in [2.45, 2.75) is 39.5 Å². The standard InChI is InChI=1S/C19H29ClN2O.ClH/c1-19(2,14-16-5-4-6-17(20)13-16)18(23)22-11-8-15(9-12-22)7-10-21-3;/h4-6,13,15,21H,7-12,14H2,1-3H3;1H. The third-order valence-electron chi connectivity index (χ3n) is 4.82. The Hall–Kier alpha value is -0.770. The summed E-state index contributed by atoms with van der Waals surface area (Å²) >= 11 is 6.06. The molecule has 5 heteroatoms. The summed E-state index contributed by atoms with van der Waals surface area (Å²) in [6, 6.07) is 7.83. The minimum Gasteiger partial charge on any atom is -0.342 e. The normalized spacial score (nSPS) is 15.9. The average Bonchev–Trinajstić information content (AvgIpc) is 2.52. The van der Waals surface area contributed by atoms with Crippen LogP contribution in [0.4, 0.5) is 0 Å². The summed E-state index contributed by atoms with van der Waals surface area (Å²) in [6.45, 7) is 6.95. The molecule has 1 fully saturated rings. The van der Waals surface area contributed by atoms with Crippen LogP contribution in [0.1, 0.15) is 38.7 Å². The van der Waals surface area contributed by atoms with Crippen molar-refractivity contribution in [2.24, 2.45) is 11.3 Å². The summed E-state index contributed by atoms with van der Waals surface area (Å²) in [5, 5.41) is 3.95. The van der Waals surface area contributed by atoms with E-state index in [0.717, 1.165) is 55.4 Å². The van der Waals surface area contributed by atoms with Gasteiger partial charge in [-0.05, 0) is 62.9 Å². The summed E-state index contributed by atoms with van der Waals surface area (Å²) in [7, 11) is 2.00. The second-order valence-electron chi connectivity index (χ2n) is 7.32. The van der Waals surface area contributed by atoms with E-state index in [4.69, 9.17) is 11.6 Å². The van der Waals surface area contributed by atoms with Crippen LogP contribution >= 0.6 is 24.0 Å². The molecule has 1 aliphatic rings. The molecular weight excluding hydrogens is 343 g/mol. The largest absolute Gasteiger partial charge is 0.342 e. The molecule has 1 aromatic rings. The molecule has 2 rings (SSSR count). The van der Waals surface area contributed by atoms with Gasteiger partial charge in [-0.25, -0.2) is 0 Å². The predicted octanol–water partition coefficient (Wildman–Crippen LogP) is 4.18. The maximum absolute atomic E-state index is 12.9. The number of hydrogen-bond acceptors (Lipinski definition) is 2. The molecule has 0 unspecified atom stereocenters. The van der Waals surface area contributed by atoms with Crippen molar-refractivity contribution < 1.29 is 4.79 Å². The van der Waals surface area contributed by atoms with E-state index in [1.165, 1.54) is 6.42 Å². The first-order valence-electron chi connectivity index (χ1n) is 8.61. The van der Waals surface area contributed by atoms with Gasteiger partial charge >= 0.3 is 0 Å². The van der Waals surface area contributed by atoms with Gasteiger partial charge in [-0.1, -0.05) is 37.6 Å². The number of carbonyl (C=O) groups is 1. The van der Waals surface area contributed by atoms with Gasteiger partial charge in [-0.2, -0.15) is 0 Å². The summed E-state index contributed by atoms with van der Waals surface area (Å²) in [4.78, 5) is 15.0. The molecule has 0 bridgehead atoms. The van der Waals surface area contributed by atoms with Crippen molar-refractivity contribution in [1.29, 1.82) is 0 Å². The fourth-order valence-corrected chi connectivity index (χ4v) is 3.65. The first-order chi connectivity index (χ1) is 10.9. The molecule has 0 saturated carbocycles. The summed E-state index contributed by atoms with van der Waals surface area (Å²) in [5.41, 5.74) is 0.738. The van der Waals surface area contributed by atoms with Crippen molar-refractivity contribution in [2.75, 3.05) is 26.7 Å². The van der Waals surface area contributed by atoms with E-state index in [9.17, 15) is 4.79 Å². The fourth-order valence-electron chi connectivity index (χ4n) is 3.43. The Balaban J connectivity index is 0.00000288. The van der Waals surface area contributed by atoms with Crippen LogP contribution < -0.4 is 5.32 Å². The monoisotopic (exact) mass is 372 g/mol. The number of halogens is 2. The number of amides is 1. The van der Waals surface area contributed by atoms with E-state index in [0.29, 0.717) is 0 Å². The molecule has 0 aromatic heterocycles. The molecule has 1 saturated heterocycles. The van der Waals surface area contributed by atoms with E-state index in [-0.39, 0.29) is 23.7 Å². The summed E-state index contributed by atoms with van der Waals surface area (Å²) in [5.74, 6) is 1.02. The van der Waals surface area contributed by atoms with Crippen LogP contribution in [-0.4, -0.2) is 37.5 Å². The SMILES string of the molecule is CNCCC1CCN(C(=O)C(C)(C)Cc2cccc(Cl)c2)CC1.Cl. The van der Waals surface area contributed by atoms with E-state index in [1.807, 2.05) is 45.2 Å². The van der Waals surface area contributed by atoms with Crippen molar-refractivity contribution in [3.05, 3.63) is 34.9 Å². The van der Waals surface area contributed by atoms with Crippen LogP contribution in [0.2, 0.25) is 5.02 Å². The fraction of sp³-hybridized carbons (Fsp3) is 0.632. The zero-order valence-electron chi connectivity index (χ0n) is 15.0. The first kappa shape index (κ1) is 21.3. The highest BCUT2D eigenvalue weighted by Gasteiger charge is 2.34. The lowest BCUT2D eigenvalue weighted by Crippen LogP contribution is -2.46. The van der Waals surface area contributed by atoms with Gasteiger partial charge in [0.2, 0.25) is 5.91 Å². The van der Waals surface area contributed by atoms with Gasteiger partial charge in [-0.15, -0.1) is 12.4 Å². The number of nitrogens with one attached hydrogen (secondary N) is 1. The Morgan fingerprint density at radius 2 is 2.00 bits per heavy atom. The van der Waals surface area contributed by atoms with E-state index >= 15 is 0 Å². The van der Waals surface area contributed by atoms with Crippen LogP contribution in [-0.2, 0) is 11.2 Å². The summed E-state index contributed by atoms with van der Waals surface area (Å²) in [6.07, 6.45) is 4.19. The van der Waals surface area contributed by atoms with Crippen molar-refractivity contribution >= 4 is 29.9 Å². The Labute approximate surface area is 157 Å². The lowest BCUT2D eigenvalue weighted by Gasteiger charge is -2.37. The highest BCUT2D eigenvalue weighted by atomic mass is 35.5. The highest BCUT2D eigenvalue weighted by molar-refractivity contribution is 6.30. The molecule has 1 aliphatic heterocycles. The van der Waals surface area contributed by atoms with Crippen molar-refractivity contribution in [3.8, 4) is 0 Å². The van der Waals surface area contributed by atoms with E-state index in [2.05, 4.69) is 10.2 Å². The van der Waals surface area contributed by atoms with Crippen LogP contribution in [0.3, 0.4) is 0 Å². The molecule has 0 atom stereocenters. The Kier molecular flexibility index (Phi) is 8.55. The van der Waals surface area contributed by atoms with Crippen molar-refractivity contribution in [3.63, 3.8) is 0 Å². The quantitative estimate of drug-likeness (QED) is 0.811. The molecule has 136 valence electrons. The molecule has 1 heterocycles. The topological polar surface area (TPSA) is 32.3 Å². The second-order valence-corrected chi connectivity index (χ2v) is 7.75. The number of hydrogen-bond donors (Lipinski definition) is 1. The van der Waals surface area contributed by atoms with Gasteiger partial charge in [0.1, 0.15) is 0 Å². The highest BCUT2D eigenvalue weighted by Crippen LogP contribution is 2.29. The number of likely N-dealkylation sites (tertiary alicyclic amines) is 1. The number of piperidine rings is 1. The molecule has 0 spiro atoms. The lowest BCUT2D eigenvalue weighted by atomic mass is 9.83. The van der Waals surface area contributed by atoms with E-state index in [1.54, 1.807) is 0 Å². The maximum Gasteiger partial charge on any atom is 0.228 e. The number of benzene rings is 1. The minimum atomic E-state index is -0.386. The number of nitrogens with zero attached hydrogens (tertiary/aromatic N) is 1. The number of carbonyl (C=O) groups excluding carboxylic acids is 1. The van der Waals surface area contributed by atoms with Crippen LogP contribution in [0.5, 0.6) is 0 Å². The predicted molar refractivity (Wildman–Crippen MR) is 104 cm³/mol. The Morgan fingerprint density at radius 3 is 2.58 bits per heavy atom. The molecule has 1 amide bonds. The van der Waals surface area contributed by atoms with Gasteiger partial charge in [0.25, 0.3) is 0 Å². The Bertz CT molecular complexity index is 526. The van der Waals surface area contributed by atoms with Gasteiger partial charge in [0, 0.05) is 23.5 Å². The first-order valence-corrected chi connectivity index (χ1v) is 8.98. The average molecular weight is 373 g/mol. The molecule has 3 nitrogen and oxygen atoms in total. The molecule has 0 aliphatic carbocycles. The van der Waals surface area contributed by atoms with Gasteiger partial charge < -0.3 is 10.2 Å². The minimum absolute atomic E-state index is 0. The van der Waals surface area contributed by atoms with Crippen LogP contribution in [0.25, 0.3) is 0 Å². The third kappa shape index (κ3) is 5.94. The van der Waals surface area contributed by atoms with E-state index < -0.39 is 0 Å². The molecular formula is C19H30Cl2N2O. The van der Waals surface area contributed by atoms with Gasteiger partial charge in [-0.3, -0.25) is 4.79 Å². The smallest absolute Gasteiger partial charge is 0.228 e. The van der Waals surface area contributed by atoms with Crippen LogP contribution in [0, 0.1) is 11.3 Å². The lowest BCUT2D eigenvalue weighted by molar-refractivity contribution is -0.141. The van der Waals surface area contributed by atoms with Gasteiger partial charge in [0.05, 0.1) is 0 Å². The molecule has 24 heavy (non-hydrogen) atoms. The maximum atomic E-state index is 12.9. The number of rotatable bonds is 6. The van der Waals surface area contributed by atoms with Crippen LogP contribution in [0.15, 0.2) is 24.3 Å². The zero-order valence-corrected chi connectivity index (χ0v) is 16.6. The Morgan fingerprint density at radius 1 is 1.33 bits per heavy atom. The molecule has 1 N–H and O–H groups in total. The van der Waals surface area contributed by atoms with Gasteiger partial charge in [0.15, 0.2) is 0 Å². The molecule has 0 radical (unpaired) electrons.